The second-order valence-corrected chi connectivity index (χ2v) is 9.87. The number of pyridine rings is 1. The molecule has 39 heavy (non-hydrogen) atoms. The van der Waals surface area contributed by atoms with E-state index in [0.717, 1.165) is 58.5 Å². The van der Waals surface area contributed by atoms with Crippen LogP contribution in [0.2, 0.25) is 0 Å². The largest absolute Gasteiger partial charge is 0.495 e. The molecule has 0 bridgehead atoms. The highest BCUT2D eigenvalue weighted by Gasteiger charge is 2.20. The van der Waals surface area contributed by atoms with Crippen LogP contribution >= 0.6 is 0 Å². The second kappa shape index (κ2) is 11.5. The zero-order chi connectivity index (χ0) is 27.4. The molecule has 0 radical (unpaired) electrons. The highest BCUT2D eigenvalue weighted by molar-refractivity contribution is 5.79. The average Bonchev–Trinajstić information content (AvgIpc) is 3.61. The van der Waals surface area contributed by atoms with Crippen LogP contribution in [-0.4, -0.2) is 41.9 Å². The molecule has 0 aliphatic carbocycles. The molecule has 3 heterocycles. The Balaban J connectivity index is 1.52. The normalized spacial score (nSPS) is 11.3. The van der Waals surface area contributed by atoms with Gasteiger partial charge in [0, 0.05) is 29.8 Å². The van der Waals surface area contributed by atoms with E-state index in [9.17, 15) is 4.79 Å². The molecule has 200 valence electrons. The van der Waals surface area contributed by atoms with Crippen LogP contribution in [0.1, 0.15) is 56.4 Å². The highest BCUT2D eigenvalue weighted by Crippen LogP contribution is 2.32. The molecule has 0 aliphatic rings. The van der Waals surface area contributed by atoms with Crippen LogP contribution < -0.4 is 10.4 Å². The SMILES string of the molecule is CCCCc1cn(-c2c(OC)cccc2C(C)C)c(=O)n1Cc1ccc(-c2ccncc2-c2nn[nH]n2)cc1. The Morgan fingerprint density at radius 3 is 2.56 bits per heavy atom. The van der Waals surface area contributed by atoms with Gasteiger partial charge in [0.25, 0.3) is 0 Å². The minimum absolute atomic E-state index is 0.0647. The molecule has 0 saturated carbocycles. The Morgan fingerprint density at radius 2 is 1.87 bits per heavy atom. The molecule has 0 saturated heterocycles. The monoisotopic (exact) mass is 523 g/mol. The van der Waals surface area contributed by atoms with Gasteiger partial charge in [0.15, 0.2) is 0 Å². The van der Waals surface area contributed by atoms with Crippen molar-refractivity contribution in [2.24, 2.45) is 0 Å². The van der Waals surface area contributed by atoms with E-state index in [-0.39, 0.29) is 11.6 Å². The summed E-state index contributed by atoms with van der Waals surface area (Å²) >= 11 is 0. The minimum Gasteiger partial charge on any atom is -0.495 e. The number of aromatic amines is 1. The lowest BCUT2D eigenvalue weighted by atomic mass is 10.00. The van der Waals surface area contributed by atoms with Gasteiger partial charge >= 0.3 is 5.69 Å². The van der Waals surface area contributed by atoms with Crippen molar-refractivity contribution in [3.8, 4) is 34.0 Å². The lowest BCUT2D eigenvalue weighted by Crippen LogP contribution is -2.25. The Hall–Kier alpha value is -4.53. The van der Waals surface area contributed by atoms with Crippen molar-refractivity contribution < 1.29 is 4.74 Å². The van der Waals surface area contributed by atoms with E-state index < -0.39 is 0 Å². The number of benzene rings is 2. The second-order valence-electron chi connectivity index (χ2n) is 9.87. The Kier molecular flexibility index (Phi) is 7.67. The number of para-hydroxylation sites is 1. The van der Waals surface area contributed by atoms with Crippen LogP contribution in [0.3, 0.4) is 0 Å². The van der Waals surface area contributed by atoms with Crippen molar-refractivity contribution in [3.63, 3.8) is 0 Å². The van der Waals surface area contributed by atoms with E-state index in [1.54, 1.807) is 24.1 Å². The van der Waals surface area contributed by atoms with E-state index >= 15 is 0 Å². The van der Waals surface area contributed by atoms with Crippen molar-refractivity contribution in [2.45, 2.75) is 52.5 Å². The van der Waals surface area contributed by atoms with E-state index in [4.69, 9.17) is 4.74 Å². The number of nitrogens with one attached hydrogen (secondary N) is 1. The van der Waals surface area contributed by atoms with Crippen molar-refractivity contribution in [2.75, 3.05) is 7.11 Å². The van der Waals surface area contributed by atoms with Gasteiger partial charge in [-0.1, -0.05) is 63.6 Å². The number of hydrogen-bond acceptors (Lipinski definition) is 6. The molecule has 1 N–H and O–H groups in total. The smallest absolute Gasteiger partial charge is 0.333 e. The maximum absolute atomic E-state index is 13.9. The highest BCUT2D eigenvalue weighted by atomic mass is 16.5. The number of aryl methyl sites for hydroxylation is 1. The van der Waals surface area contributed by atoms with Gasteiger partial charge in [-0.2, -0.15) is 5.21 Å². The maximum atomic E-state index is 13.9. The van der Waals surface area contributed by atoms with Crippen molar-refractivity contribution in [1.29, 1.82) is 0 Å². The molecular weight excluding hydrogens is 490 g/mol. The topological polar surface area (TPSA) is 104 Å². The fourth-order valence-electron chi connectivity index (χ4n) is 4.91. The number of H-pyrrole nitrogens is 1. The van der Waals surface area contributed by atoms with Crippen LogP contribution in [0.15, 0.2) is 71.9 Å². The number of rotatable bonds is 10. The molecule has 5 rings (SSSR count). The summed E-state index contributed by atoms with van der Waals surface area (Å²) in [5.74, 6) is 1.43. The number of unbranched alkanes of at least 4 members (excludes halogenated alkanes) is 1. The first kappa shape index (κ1) is 26.1. The number of imidazole rings is 1. The van der Waals surface area contributed by atoms with Gasteiger partial charge in [0.1, 0.15) is 5.75 Å². The zero-order valence-electron chi connectivity index (χ0n) is 22.8. The molecule has 3 aromatic heterocycles. The third-order valence-corrected chi connectivity index (χ3v) is 6.97. The third kappa shape index (κ3) is 5.25. The molecule has 0 spiro atoms. The lowest BCUT2D eigenvalue weighted by Gasteiger charge is -2.16. The molecule has 0 atom stereocenters. The van der Waals surface area contributed by atoms with Gasteiger partial charge in [0.2, 0.25) is 5.82 Å². The number of methoxy groups -OCH3 is 1. The van der Waals surface area contributed by atoms with Gasteiger partial charge in [-0.3, -0.25) is 14.1 Å². The summed E-state index contributed by atoms with van der Waals surface area (Å²) in [5.41, 5.74) is 6.65. The summed E-state index contributed by atoms with van der Waals surface area (Å²) in [6, 6.07) is 16.1. The van der Waals surface area contributed by atoms with Crippen LogP contribution in [0.25, 0.3) is 28.2 Å². The van der Waals surface area contributed by atoms with Gasteiger partial charge < -0.3 is 4.74 Å². The molecule has 0 aliphatic heterocycles. The van der Waals surface area contributed by atoms with Crippen LogP contribution in [0, 0.1) is 0 Å². The Labute approximate surface area is 227 Å². The van der Waals surface area contributed by atoms with Crippen molar-refractivity contribution in [1.82, 2.24) is 34.7 Å². The molecule has 5 aromatic rings. The van der Waals surface area contributed by atoms with Crippen LogP contribution in [-0.2, 0) is 13.0 Å². The minimum atomic E-state index is -0.0647. The predicted octanol–water partition coefficient (Wildman–Crippen LogP) is 5.40. The van der Waals surface area contributed by atoms with E-state index in [0.29, 0.717) is 18.1 Å². The van der Waals surface area contributed by atoms with E-state index in [2.05, 4.69) is 76.7 Å². The number of tetrazole rings is 1. The molecule has 9 heteroatoms. The van der Waals surface area contributed by atoms with E-state index in [1.807, 2.05) is 29.0 Å². The van der Waals surface area contributed by atoms with Gasteiger partial charge in [-0.25, -0.2) is 4.79 Å². The van der Waals surface area contributed by atoms with Crippen molar-refractivity contribution >= 4 is 0 Å². The summed E-state index contributed by atoms with van der Waals surface area (Å²) < 4.78 is 9.35. The van der Waals surface area contributed by atoms with Crippen molar-refractivity contribution in [3.05, 3.63) is 94.4 Å². The first-order valence-electron chi connectivity index (χ1n) is 13.3. The average molecular weight is 524 g/mol. The first-order chi connectivity index (χ1) is 19.0. The lowest BCUT2D eigenvalue weighted by molar-refractivity contribution is 0.411. The van der Waals surface area contributed by atoms with E-state index in [1.165, 1.54) is 0 Å². The number of hydrogen-bond donors (Lipinski definition) is 1. The Bertz CT molecular complexity index is 1600. The fraction of sp³-hybridized carbons (Fsp3) is 0.300. The van der Waals surface area contributed by atoms with Gasteiger partial charge in [-0.05, 0) is 58.4 Å². The standard InChI is InChI=1S/C30H33N7O2/c1-5-6-8-23-19-37(28-24(20(2)3)9-7-10-27(28)39-4)30(38)36(23)18-21-11-13-22(14-12-21)25-15-16-31-17-26(25)29-32-34-35-33-29/h7,9-17,19-20H,5-6,8,18H2,1-4H3,(H,32,33,34,35). The van der Waals surface area contributed by atoms with Gasteiger partial charge in [0.05, 0.1) is 19.3 Å². The van der Waals surface area contributed by atoms with Crippen LogP contribution in [0.4, 0.5) is 0 Å². The predicted molar refractivity (Wildman–Crippen MR) is 151 cm³/mol. The molecule has 0 amide bonds. The van der Waals surface area contributed by atoms with Crippen LogP contribution in [0.5, 0.6) is 5.75 Å². The first-order valence-corrected chi connectivity index (χ1v) is 13.3. The quantitative estimate of drug-likeness (QED) is 0.263. The summed E-state index contributed by atoms with van der Waals surface area (Å²) in [7, 11) is 1.65. The third-order valence-electron chi connectivity index (χ3n) is 6.97. The number of ether oxygens (including phenoxy) is 1. The molecule has 2 aromatic carbocycles. The van der Waals surface area contributed by atoms with Gasteiger partial charge in [-0.15, -0.1) is 10.2 Å². The zero-order valence-corrected chi connectivity index (χ0v) is 22.8. The Morgan fingerprint density at radius 1 is 1.05 bits per heavy atom. The molecule has 0 fully saturated rings. The maximum Gasteiger partial charge on any atom is 0.333 e. The molecule has 0 unspecified atom stereocenters. The number of nitrogens with zero attached hydrogens (tertiary/aromatic N) is 6. The summed E-state index contributed by atoms with van der Waals surface area (Å²) in [4.78, 5) is 18.1. The summed E-state index contributed by atoms with van der Waals surface area (Å²) in [5, 5.41) is 14.4. The molecular formula is C30H33N7O2. The number of aromatic nitrogens is 7. The summed E-state index contributed by atoms with van der Waals surface area (Å²) in [6.45, 7) is 6.90. The molecule has 9 nitrogen and oxygen atoms in total. The fourth-order valence-corrected chi connectivity index (χ4v) is 4.91. The summed E-state index contributed by atoms with van der Waals surface area (Å²) in [6.07, 6.45) is 8.36.